The Morgan fingerprint density at radius 3 is 2.61 bits per heavy atom. The van der Waals surface area contributed by atoms with Gasteiger partial charge in [0.1, 0.15) is 5.69 Å². The van der Waals surface area contributed by atoms with Gasteiger partial charge >= 0.3 is 0 Å². The van der Waals surface area contributed by atoms with E-state index in [1.165, 1.54) is 0 Å². The van der Waals surface area contributed by atoms with Gasteiger partial charge in [-0.3, -0.25) is 4.79 Å². The fourth-order valence-electron chi connectivity index (χ4n) is 1.55. The van der Waals surface area contributed by atoms with Crippen LogP contribution < -0.4 is 5.32 Å². The van der Waals surface area contributed by atoms with Crippen LogP contribution in [-0.4, -0.2) is 10.9 Å². The molecule has 0 bridgehead atoms. The number of carbonyl (C=O) groups is 1. The molecule has 1 aromatic heterocycles. The van der Waals surface area contributed by atoms with Crippen LogP contribution in [0, 0.1) is 0 Å². The third-order valence-electron chi connectivity index (χ3n) is 2.47. The van der Waals surface area contributed by atoms with Crippen LogP contribution in [-0.2, 0) is 12.4 Å². The monoisotopic (exact) mass is 260 g/mol. The Bertz CT molecular complexity index is 528. The van der Waals surface area contributed by atoms with E-state index in [0.717, 1.165) is 5.56 Å². The van der Waals surface area contributed by atoms with Gasteiger partial charge in [0.2, 0.25) is 0 Å². The van der Waals surface area contributed by atoms with Crippen molar-refractivity contribution in [3.05, 3.63) is 65.5 Å². The number of alkyl halides is 1. The summed E-state index contributed by atoms with van der Waals surface area (Å²) in [5.74, 6) is 0.116. The topological polar surface area (TPSA) is 42.0 Å². The first-order valence-corrected chi connectivity index (χ1v) is 6.17. The fourth-order valence-corrected chi connectivity index (χ4v) is 1.70. The summed E-state index contributed by atoms with van der Waals surface area (Å²) in [4.78, 5) is 16.0. The Labute approximate surface area is 111 Å². The van der Waals surface area contributed by atoms with E-state index in [9.17, 15) is 4.79 Å². The molecule has 0 fully saturated rings. The molecule has 0 aliphatic heterocycles. The summed E-state index contributed by atoms with van der Waals surface area (Å²) in [6, 6.07) is 15.0. The van der Waals surface area contributed by atoms with E-state index in [1.54, 1.807) is 18.2 Å². The van der Waals surface area contributed by atoms with E-state index in [2.05, 4.69) is 10.3 Å². The standard InChI is InChI=1S/C14H13ClN2O/c15-9-12-7-4-8-13(17-12)14(18)16-10-11-5-2-1-3-6-11/h1-8H,9-10H2,(H,16,18). The number of benzene rings is 1. The molecule has 0 aliphatic rings. The third-order valence-corrected chi connectivity index (χ3v) is 2.75. The lowest BCUT2D eigenvalue weighted by Crippen LogP contribution is -2.24. The summed E-state index contributed by atoms with van der Waals surface area (Å²) in [6.45, 7) is 0.493. The molecule has 0 radical (unpaired) electrons. The normalized spacial score (nSPS) is 10.1. The van der Waals surface area contributed by atoms with Crippen LogP contribution in [0.3, 0.4) is 0 Å². The zero-order chi connectivity index (χ0) is 12.8. The van der Waals surface area contributed by atoms with E-state index >= 15 is 0 Å². The molecule has 3 nitrogen and oxygen atoms in total. The molecule has 1 aromatic carbocycles. The number of nitrogens with zero attached hydrogens (tertiary/aromatic N) is 1. The van der Waals surface area contributed by atoms with Crippen molar-refractivity contribution in [3.63, 3.8) is 0 Å². The molecule has 1 amide bonds. The molecule has 1 N–H and O–H groups in total. The highest BCUT2D eigenvalue weighted by molar-refractivity contribution is 6.16. The van der Waals surface area contributed by atoms with Gasteiger partial charge in [-0.2, -0.15) is 0 Å². The molecule has 2 rings (SSSR count). The Morgan fingerprint density at radius 1 is 1.11 bits per heavy atom. The zero-order valence-corrected chi connectivity index (χ0v) is 10.5. The predicted octanol–water partition coefficient (Wildman–Crippen LogP) is 2.75. The smallest absolute Gasteiger partial charge is 0.270 e. The van der Waals surface area contributed by atoms with Gasteiger partial charge in [0.15, 0.2) is 0 Å². The van der Waals surface area contributed by atoms with Gasteiger partial charge in [-0.15, -0.1) is 11.6 Å². The first-order valence-electron chi connectivity index (χ1n) is 5.63. The second kappa shape index (κ2) is 6.17. The highest BCUT2D eigenvalue weighted by atomic mass is 35.5. The summed E-state index contributed by atoms with van der Waals surface area (Å²) in [5, 5.41) is 2.82. The van der Waals surface area contributed by atoms with Crippen LogP contribution in [0.15, 0.2) is 48.5 Å². The third kappa shape index (κ3) is 3.31. The molecule has 0 saturated carbocycles. The number of halogens is 1. The molecular weight excluding hydrogens is 248 g/mol. The minimum absolute atomic E-state index is 0.189. The number of hydrogen-bond acceptors (Lipinski definition) is 2. The molecule has 4 heteroatoms. The van der Waals surface area contributed by atoms with Crippen LogP contribution in [0.1, 0.15) is 21.7 Å². The van der Waals surface area contributed by atoms with Gasteiger partial charge in [0.25, 0.3) is 5.91 Å². The number of nitrogens with one attached hydrogen (secondary N) is 1. The van der Waals surface area contributed by atoms with E-state index < -0.39 is 0 Å². The molecule has 0 aliphatic carbocycles. The SMILES string of the molecule is O=C(NCc1ccccc1)c1cccc(CCl)n1. The molecule has 0 unspecified atom stereocenters. The van der Waals surface area contributed by atoms with Crippen molar-refractivity contribution in [2.45, 2.75) is 12.4 Å². The minimum Gasteiger partial charge on any atom is -0.347 e. The Kier molecular flexibility index (Phi) is 4.31. The van der Waals surface area contributed by atoms with E-state index in [4.69, 9.17) is 11.6 Å². The summed E-state index contributed by atoms with van der Waals surface area (Å²) in [5.41, 5.74) is 2.15. The van der Waals surface area contributed by atoms with Crippen molar-refractivity contribution in [1.82, 2.24) is 10.3 Å². The number of carbonyl (C=O) groups excluding carboxylic acids is 1. The lowest BCUT2D eigenvalue weighted by Gasteiger charge is -2.05. The van der Waals surface area contributed by atoms with Crippen LogP contribution in [0.5, 0.6) is 0 Å². The molecule has 0 atom stereocenters. The largest absolute Gasteiger partial charge is 0.347 e. The summed E-state index contributed by atoms with van der Waals surface area (Å²) in [6.07, 6.45) is 0. The first kappa shape index (κ1) is 12.6. The maximum Gasteiger partial charge on any atom is 0.270 e. The average Bonchev–Trinajstić information content (AvgIpc) is 2.46. The number of rotatable bonds is 4. The van der Waals surface area contributed by atoms with Crippen molar-refractivity contribution in [2.24, 2.45) is 0 Å². The molecular formula is C14H13ClN2O. The van der Waals surface area contributed by atoms with Gasteiger partial charge in [-0.25, -0.2) is 4.98 Å². The van der Waals surface area contributed by atoms with Gasteiger partial charge in [0.05, 0.1) is 11.6 Å². The molecule has 2 aromatic rings. The number of hydrogen-bond donors (Lipinski definition) is 1. The maximum atomic E-state index is 11.9. The van der Waals surface area contributed by atoms with Crippen LogP contribution in [0.2, 0.25) is 0 Å². The Balaban J connectivity index is 1.99. The van der Waals surface area contributed by atoms with Crippen molar-refractivity contribution in [3.8, 4) is 0 Å². The summed E-state index contributed by atoms with van der Waals surface area (Å²) < 4.78 is 0. The predicted molar refractivity (Wildman–Crippen MR) is 71.4 cm³/mol. The molecule has 92 valence electrons. The highest BCUT2D eigenvalue weighted by Crippen LogP contribution is 2.03. The number of pyridine rings is 1. The van der Waals surface area contributed by atoms with Crippen molar-refractivity contribution in [2.75, 3.05) is 0 Å². The van der Waals surface area contributed by atoms with Gasteiger partial charge in [-0.1, -0.05) is 36.4 Å². The quantitative estimate of drug-likeness (QED) is 0.859. The number of amides is 1. The van der Waals surface area contributed by atoms with Crippen molar-refractivity contribution >= 4 is 17.5 Å². The lowest BCUT2D eigenvalue weighted by atomic mass is 10.2. The van der Waals surface area contributed by atoms with E-state index in [0.29, 0.717) is 23.8 Å². The van der Waals surface area contributed by atoms with Crippen LogP contribution in [0.4, 0.5) is 0 Å². The van der Waals surface area contributed by atoms with Crippen molar-refractivity contribution < 1.29 is 4.79 Å². The summed E-state index contributed by atoms with van der Waals surface area (Å²) in [7, 11) is 0. The lowest BCUT2D eigenvalue weighted by molar-refractivity contribution is 0.0945. The van der Waals surface area contributed by atoms with Gasteiger partial charge < -0.3 is 5.32 Å². The Hall–Kier alpha value is -1.87. The van der Waals surface area contributed by atoms with E-state index in [1.807, 2.05) is 30.3 Å². The maximum absolute atomic E-state index is 11.9. The molecule has 0 spiro atoms. The fraction of sp³-hybridized carbons (Fsp3) is 0.143. The van der Waals surface area contributed by atoms with Crippen LogP contribution in [0.25, 0.3) is 0 Å². The molecule has 1 heterocycles. The number of aromatic nitrogens is 1. The molecule has 18 heavy (non-hydrogen) atoms. The second-order valence-corrected chi connectivity index (χ2v) is 4.08. The molecule has 0 saturated heterocycles. The first-order chi connectivity index (χ1) is 8.79. The van der Waals surface area contributed by atoms with Crippen LogP contribution >= 0.6 is 11.6 Å². The second-order valence-electron chi connectivity index (χ2n) is 3.82. The Morgan fingerprint density at radius 2 is 1.89 bits per heavy atom. The minimum atomic E-state index is -0.189. The zero-order valence-electron chi connectivity index (χ0n) is 9.77. The average molecular weight is 261 g/mol. The van der Waals surface area contributed by atoms with Gasteiger partial charge in [0, 0.05) is 6.54 Å². The van der Waals surface area contributed by atoms with E-state index in [-0.39, 0.29) is 5.91 Å². The van der Waals surface area contributed by atoms with Crippen molar-refractivity contribution in [1.29, 1.82) is 0 Å². The van der Waals surface area contributed by atoms with Gasteiger partial charge in [-0.05, 0) is 17.7 Å². The summed E-state index contributed by atoms with van der Waals surface area (Å²) >= 11 is 5.68. The highest BCUT2D eigenvalue weighted by Gasteiger charge is 2.07.